The van der Waals surface area contributed by atoms with Crippen LogP contribution in [0.2, 0.25) is 0 Å². The molecule has 144 valence electrons. The van der Waals surface area contributed by atoms with Crippen molar-refractivity contribution in [1.29, 1.82) is 0 Å². The number of unbranched alkanes of at least 4 members (excludes halogenated alkanes) is 12. The zero-order chi connectivity index (χ0) is 17.7. The van der Waals surface area contributed by atoms with E-state index in [0.717, 1.165) is 19.4 Å². The summed E-state index contributed by atoms with van der Waals surface area (Å²) in [6.07, 6.45) is 24.0. The molecule has 1 N–H and O–H groups in total. The van der Waals surface area contributed by atoms with Gasteiger partial charge in [-0.1, -0.05) is 83.8 Å². The minimum Gasteiger partial charge on any atom is -0.391 e. The van der Waals surface area contributed by atoms with E-state index in [1.54, 1.807) is 0 Å². The maximum Gasteiger partial charge on any atom is 0.0771 e. The summed E-state index contributed by atoms with van der Waals surface area (Å²) in [5.74, 6) is 0. The van der Waals surface area contributed by atoms with Crippen LogP contribution in [0.15, 0.2) is 12.2 Å². The van der Waals surface area contributed by atoms with Gasteiger partial charge in [-0.2, -0.15) is 0 Å². The molecule has 0 radical (unpaired) electrons. The highest BCUT2D eigenvalue weighted by molar-refractivity contribution is 4.81. The van der Waals surface area contributed by atoms with Gasteiger partial charge < -0.3 is 9.84 Å². The van der Waals surface area contributed by atoms with Crippen LogP contribution in [0.5, 0.6) is 0 Å². The largest absolute Gasteiger partial charge is 0.391 e. The second-order valence-electron chi connectivity index (χ2n) is 7.07. The van der Waals surface area contributed by atoms with Crippen molar-refractivity contribution in [3.63, 3.8) is 0 Å². The highest BCUT2D eigenvalue weighted by Crippen LogP contribution is 2.10. The molecular formula is C22H44O2. The van der Waals surface area contributed by atoms with E-state index in [-0.39, 0.29) is 6.10 Å². The Labute approximate surface area is 152 Å². The maximum absolute atomic E-state index is 9.36. The summed E-state index contributed by atoms with van der Waals surface area (Å²) >= 11 is 0. The van der Waals surface area contributed by atoms with Gasteiger partial charge in [-0.25, -0.2) is 0 Å². The number of hydrogen-bond donors (Lipinski definition) is 1. The third kappa shape index (κ3) is 19.7. The van der Waals surface area contributed by atoms with Crippen LogP contribution in [-0.4, -0.2) is 24.4 Å². The molecule has 0 aliphatic carbocycles. The lowest BCUT2D eigenvalue weighted by Crippen LogP contribution is -2.14. The molecule has 0 fully saturated rings. The molecule has 0 rings (SSSR count). The van der Waals surface area contributed by atoms with Gasteiger partial charge in [0, 0.05) is 6.61 Å². The fourth-order valence-electron chi connectivity index (χ4n) is 2.79. The minimum absolute atomic E-state index is 0.279. The zero-order valence-corrected chi connectivity index (χ0v) is 16.6. The second kappa shape index (κ2) is 20.7. The van der Waals surface area contributed by atoms with Gasteiger partial charge in [-0.3, -0.25) is 0 Å². The molecule has 0 saturated carbocycles. The van der Waals surface area contributed by atoms with Gasteiger partial charge >= 0.3 is 0 Å². The predicted octanol–water partition coefficient (Wildman–Crippen LogP) is 6.81. The zero-order valence-electron chi connectivity index (χ0n) is 16.6. The van der Waals surface area contributed by atoms with Crippen molar-refractivity contribution < 1.29 is 9.84 Å². The lowest BCUT2D eigenvalue weighted by Gasteiger charge is -2.08. The van der Waals surface area contributed by atoms with Crippen LogP contribution in [0, 0.1) is 0 Å². The fourth-order valence-corrected chi connectivity index (χ4v) is 2.79. The van der Waals surface area contributed by atoms with Crippen molar-refractivity contribution in [1.82, 2.24) is 0 Å². The Kier molecular flexibility index (Phi) is 20.4. The first-order chi connectivity index (χ1) is 11.8. The van der Waals surface area contributed by atoms with Crippen LogP contribution < -0.4 is 0 Å². The number of aliphatic hydroxyl groups excluding tert-OH is 1. The number of allylic oxidation sites excluding steroid dienone is 2. The van der Waals surface area contributed by atoms with Crippen molar-refractivity contribution in [2.24, 2.45) is 0 Å². The fraction of sp³-hybridized carbons (Fsp3) is 0.909. The van der Waals surface area contributed by atoms with Crippen LogP contribution in [0.1, 0.15) is 110 Å². The quantitative estimate of drug-likeness (QED) is 0.207. The Bertz CT molecular complexity index is 250. The normalized spacial score (nSPS) is 13.0. The van der Waals surface area contributed by atoms with Crippen LogP contribution in [0.25, 0.3) is 0 Å². The third-order valence-corrected chi connectivity index (χ3v) is 4.58. The molecule has 0 aliphatic heterocycles. The topological polar surface area (TPSA) is 29.5 Å². The molecule has 2 heteroatoms. The summed E-state index contributed by atoms with van der Waals surface area (Å²) in [5.41, 5.74) is 0. The van der Waals surface area contributed by atoms with Crippen molar-refractivity contribution in [2.45, 2.75) is 116 Å². The molecular weight excluding hydrogens is 296 g/mol. The Morgan fingerprint density at radius 2 is 1.21 bits per heavy atom. The van der Waals surface area contributed by atoms with Crippen LogP contribution in [0.4, 0.5) is 0 Å². The summed E-state index contributed by atoms with van der Waals surface area (Å²) in [6, 6.07) is 0. The van der Waals surface area contributed by atoms with E-state index >= 15 is 0 Å². The standard InChI is InChI=1S/C22H44O2/c1-3-5-6-7-8-9-10-11-12-13-14-15-16-17-18-19-20-24-21-22(23)4-2/h11-12,22-23H,3-10,13-21H2,1-2H3. The van der Waals surface area contributed by atoms with E-state index in [4.69, 9.17) is 4.74 Å². The summed E-state index contributed by atoms with van der Waals surface area (Å²) in [6.45, 7) is 5.57. The SMILES string of the molecule is CCCCCCCCC=CCCCCCCCCOCC(O)CC. The first kappa shape index (κ1) is 23.7. The summed E-state index contributed by atoms with van der Waals surface area (Å²) in [5, 5.41) is 9.36. The van der Waals surface area contributed by atoms with Crippen molar-refractivity contribution >= 4 is 0 Å². The van der Waals surface area contributed by atoms with Crippen LogP contribution in [0.3, 0.4) is 0 Å². The smallest absolute Gasteiger partial charge is 0.0771 e. The lowest BCUT2D eigenvalue weighted by molar-refractivity contribution is 0.0335. The summed E-state index contributed by atoms with van der Waals surface area (Å²) in [7, 11) is 0. The Balaban J connectivity index is 3.08. The molecule has 0 heterocycles. The number of hydrogen-bond acceptors (Lipinski definition) is 2. The highest BCUT2D eigenvalue weighted by atomic mass is 16.5. The van der Waals surface area contributed by atoms with E-state index in [1.165, 1.54) is 83.5 Å². The predicted molar refractivity (Wildman–Crippen MR) is 107 cm³/mol. The molecule has 0 spiro atoms. The van der Waals surface area contributed by atoms with Crippen molar-refractivity contribution in [2.75, 3.05) is 13.2 Å². The average Bonchev–Trinajstić information content (AvgIpc) is 2.60. The van der Waals surface area contributed by atoms with Gasteiger partial charge in [-0.05, 0) is 38.5 Å². The number of aliphatic hydroxyl groups is 1. The van der Waals surface area contributed by atoms with Crippen LogP contribution >= 0.6 is 0 Å². The van der Waals surface area contributed by atoms with E-state index in [2.05, 4.69) is 19.1 Å². The van der Waals surface area contributed by atoms with Gasteiger partial charge in [-0.15, -0.1) is 0 Å². The highest BCUT2D eigenvalue weighted by Gasteiger charge is 1.99. The monoisotopic (exact) mass is 340 g/mol. The van der Waals surface area contributed by atoms with Gasteiger partial charge in [0.1, 0.15) is 0 Å². The molecule has 0 aromatic carbocycles. The molecule has 0 amide bonds. The van der Waals surface area contributed by atoms with Crippen molar-refractivity contribution in [3.8, 4) is 0 Å². The summed E-state index contributed by atoms with van der Waals surface area (Å²) < 4.78 is 5.45. The molecule has 1 atom stereocenters. The molecule has 0 aliphatic rings. The van der Waals surface area contributed by atoms with Gasteiger partial charge in [0.05, 0.1) is 12.7 Å². The Morgan fingerprint density at radius 3 is 1.75 bits per heavy atom. The molecule has 24 heavy (non-hydrogen) atoms. The van der Waals surface area contributed by atoms with Gasteiger partial charge in [0.2, 0.25) is 0 Å². The molecule has 0 saturated heterocycles. The number of rotatable bonds is 19. The molecule has 0 aromatic rings. The minimum atomic E-state index is -0.279. The number of ether oxygens (including phenoxy) is 1. The van der Waals surface area contributed by atoms with Gasteiger partial charge in [0.25, 0.3) is 0 Å². The maximum atomic E-state index is 9.36. The second-order valence-corrected chi connectivity index (χ2v) is 7.07. The Hall–Kier alpha value is -0.340. The van der Waals surface area contributed by atoms with E-state index < -0.39 is 0 Å². The first-order valence-electron chi connectivity index (χ1n) is 10.7. The van der Waals surface area contributed by atoms with E-state index in [9.17, 15) is 5.11 Å². The molecule has 0 bridgehead atoms. The van der Waals surface area contributed by atoms with Crippen molar-refractivity contribution in [3.05, 3.63) is 12.2 Å². The average molecular weight is 341 g/mol. The molecule has 1 unspecified atom stereocenters. The first-order valence-corrected chi connectivity index (χ1v) is 10.7. The van der Waals surface area contributed by atoms with Gasteiger partial charge in [0.15, 0.2) is 0 Å². The summed E-state index contributed by atoms with van der Waals surface area (Å²) in [4.78, 5) is 0. The van der Waals surface area contributed by atoms with E-state index in [1.807, 2.05) is 6.92 Å². The van der Waals surface area contributed by atoms with Crippen LogP contribution in [-0.2, 0) is 4.74 Å². The van der Waals surface area contributed by atoms with E-state index in [0.29, 0.717) is 6.61 Å². The molecule has 2 nitrogen and oxygen atoms in total. The Morgan fingerprint density at radius 1 is 0.708 bits per heavy atom. The molecule has 0 aromatic heterocycles. The lowest BCUT2D eigenvalue weighted by atomic mass is 10.1. The third-order valence-electron chi connectivity index (χ3n) is 4.58.